The molecule has 6 nitrogen and oxygen atoms in total. The first-order valence-electron chi connectivity index (χ1n) is 13.0. The average molecular weight is 518 g/mol. The summed E-state index contributed by atoms with van der Waals surface area (Å²) in [7, 11) is -2.23. The van der Waals surface area contributed by atoms with E-state index in [0.29, 0.717) is 17.7 Å². The number of amides is 2. The minimum absolute atomic E-state index is 0.192. The Bertz CT molecular complexity index is 1150. The monoisotopic (exact) mass is 517 g/mol. The van der Waals surface area contributed by atoms with Crippen molar-refractivity contribution < 1.29 is 14.8 Å². The van der Waals surface area contributed by atoms with Crippen LogP contribution < -0.4 is 21.5 Å². The fraction of sp³-hybridized carbons (Fsp3) is 0.300. The van der Waals surface area contributed by atoms with Crippen molar-refractivity contribution in [3.63, 3.8) is 0 Å². The molecule has 194 valence electrons. The number of carbonyl (C=O) groups is 2. The summed E-state index contributed by atoms with van der Waals surface area (Å²) in [6.07, 6.45) is 16.6. The van der Waals surface area contributed by atoms with Crippen molar-refractivity contribution >= 4 is 35.9 Å². The fourth-order valence-electron chi connectivity index (χ4n) is 5.56. The van der Waals surface area contributed by atoms with Crippen LogP contribution >= 0.6 is 7.26 Å². The summed E-state index contributed by atoms with van der Waals surface area (Å²) >= 11 is 0. The normalized spacial score (nSPS) is 18.1. The Morgan fingerprint density at radius 2 is 1.70 bits per heavy atom. The molecule has 0 fully saturated rings. The van der Waals surface area contributed by atoms with Crippen molar-refractivity contribution in [3.05, 3.63) is 96.1 Å². The summed E-state index contributed by atoms with van der Waals surface area (Å²) in [5, 5.41) is 15.9. The number of hydroxylamine groups is 1. The number of hydrogen-bond donors (Lipinski definition) is 3. The van der Waals surface area contributed by atoms with Gasteiger partial charge in [0.25, 0.3) is 0 Å². The molecule has 1 atom stereocenters. The Hall–Kier alpha value is -3.34. The van der Waals surface area contributed by atoms with E-state index < -0.39 is 13.2 Å². The number of nitrogens with zero attached hydrogens (tertiary/aromatic N) is 1. The van der Waals surface area contributed by atoms with Gasteiger partial charge in [-0.2, -0.15) is 0 Å². The van der Waals surface area contributed by atoms with Crippen LogP contribution in [0.1, 0.15) is 44.9 Å². The molecule has 0 heterocycles. The van der Waals surface area contributed by atoms with Crippen LogP contribution in [0.4, 0.5) is 0 Å². The quantitative estimate of drug-likeness (QED) is 0.142. The van der Waals surface area contributed by atoms with Gasteiger partial charge in [0.2, 0.25) is 0 Å². The van der Waals surface area contributed by atoms with Crippen LogP contribution in [0.3, 0.4) is 0 Å². The topological polar surface area (TPSA) is 90.8 Å². The number of hydrogen-bond acceptors (Lipinski definition) is 4. The molecule has 0 saturated heterocycles. The Morgan fingerprint density at radius 3 is 2.32 bits per heavy atom. The third kappa shape index (κ3) is 6.71. The van der Waals surface area contributed by atoms with E-state index in [0.717, 1.165) is 43.8 Å². The van der Waals surface area contributed by atoms with Gasteiger partial charge < -0.3 is 0 Å². The molecule has 0 saturated carbocycles. The third-order valence-electron chi connectivity index (χ3n) is 7.46. The zero-order chi connectivity index (χ0) is 25.9. The van der Waals surface area contributed by atoms with Crippen LogP contribution in [0, 0.1) is 0 Å². The Morgan fingerprint density at radius 1 is 1.00 bits per heavy atom. The maximum atomic E-state index is 12.8. The molecule has 2 aromatic carbocycles. The second-order valence-corrected chi connectivity index (χ2v) is 14.0. The van der Waals surface area contributed by atoms with Crippen molar-refractivity contribution in [1.82, 2.24) is 10.9 Å². The van der Waals surface area contributed by atoms with Crippen molar-refractivity contribution in [2.75, 3.05) is 6.16 Å². The first-order chi connectivity index (χ1) is 18.1. The fourth-order valence-corrected chi connectivity index (χ4v) is 10.8. The summed E-state index contributed by atoms with van der Waals surface area (Å²) < 4.78 is 0. The van der Waals surface area contributed by atoms with Crippen molar-refractivity contribution in [1.29, 1.82) is 0 Å². The number of nitrogens with one attached hydrogen (secondary N) is 2. The van der Waals surface area contributed by atoms with Crippen molar-refractivity contribution in [2.45, 2.75) is 50.6 Å². The van der Waals surface area contributed by atoms with E-state index in [-0.39, 0.29) is 12.3 Å². The molecule has 0 aromatic heterocycles. The van der Waals surface area contributed by atoms with E-state index in [1.54, 1.807) is 5.48 Å². The van der Waals surface area contributed by atoms with E-state index >= 15 is 0 Å². The molecule has 3 N–H and O–H groups in total. The van der Waals surface area contributed by atoms with Gasteiger partial charge in [-0.05, 0) is 0 Å². The number of benzene rings is 2. The predicted molar refractivity (Wildman–Crippen MR) is 153 cm³/mol. The summed E-state index contributed by atoms with van der Waals surface area (Å²) in [5.41, 5.74) is 6.52. The van der Waals surface area contributed by atoms with Crippen molar-refractivity contribution in [2.24, 2.45) is 5.10 Å². The van der Waals surface area contributed by atoms with Crippen LogP contribution in [0.2, 0.25) is 0 Å². The smallest absolute Gasteiger partial charge is 0.289 e. The molecule has 7 heteroatoms. The minimum Gasteiger partial charge on any atom is -0.289 e. The first-order valence-corrected chi connectivity index (χ1v) is 15.3. The van der Waals surface area contributed by atoms with E-state index in [9.17, 15) is 9.59 Å². The SMILES string of the molecule is O=C(CCC1=CC(C(=O)N/N=C/C[PH](c2ccccc2)(c2ccccc2)[C@H]2CC=CCC2)=CCC1)NO. The number of rotatable bonds is 10. The summed E-state index contributed by atoms with van der Waals surface area (Å²) in [4.78, 5) is 24.2. The van der Waals surface area contributed by atoms with Gasteiger partial charge >= 0.3 is 214 Å². The molecule has 0 spiro atoms. The maximum absolute atomic E-state index is 12.8. The Labute approximate surface area is 219 Å². The third-order valence-corrected chi connectivity index (χ3v) is 12.9. The van der Waals surface area contributed by atoms with Gasteiger partial charge in [0.15, 0.2) is 0 Å². The molecule has 2 aliphatic carbocycles. The number of hydrazone groups is 1. The summed E-state index contributed by atoms with van der Waals surface area (Å²) in [6.45, 7) is 0. The van der Waals surface area contributed by atoms with E-state index in [1.165, 1.54) is 10.6 Å². The second kappa shape index (κ2) is 13.3. The minimum atomic E-state index is -2.23. The number of allylic oxidation sites excluding steroid dienone is 4. The van der Waals surface area contributed by atoms with E-state index in [1.807, 2.05) is 18.4 Å². The molecule has 2 aromatic rings. The van der Waals surface area contributed by atoms with Gasteiger partial charge in [-0.15, -0.1) is 0 Å². The van der Waals surface area contributed by atoms with Crippen LogP contribution in [0.5, 0.6) is 0 Å². The molecule has 2 amide bonds. The molecule has 2 aliphatic rings. The molecule has 0 unspecified atom stereocenters. The molecule has 37 heavy (non-hydrogen) atoms. The van der Waals surface area contributed by atoms with Crippen LogP contribution in [0.15, 0.2) is 101 Å². The summed E-state index contributed by atoms with van der Waals surface area (Å²) in [5.74, 6) is -0.670. The zero-order valence-corrected chi connectivity index (χ0v) is 22.1. The van der Waals surface area contributed by atoms with Gasteiger partial charge in [0.1, 0.15) is 0 Å². The molecule has 0 bridgehead atoms. The zero-order valence-electron chi connectivity index (χ0n) is 21.1. The molecular weight excluding hydrogens is 481 g/mol. The summed E-state index contributed by atoms with van der Waals surface area (Å²) in [6, 6.07) is 21.7. The molecular formula is C30H36N3O3P. The Balaban J connectivity index is 1.52. The average Bonchev–Trinajstić information content (AvgIpc) is 2.97. The standard InChI is InChI=1S/C30H36N3O3P/c34-29(33-36)20-19-24-11-10-12-25(23-24)30(35)32-31-21-22-37(26-13-4-1-5-14-26,27-15-6-2-7-16-27)28-17-8-3-9-18-28/h1-8,12-16,21,23,28,36-37H,9-11,17-20,22H2,(H,32,35)(H,33,34)/b31-21+/t28-/m0/s1. The van der Waals surface area contributed by atoms with Gasteiger partial charge in [0.05, 0.1) is 0 Å². The van der Waals surface area contributed by atoms with Gasteiger partial charge in [-0.25, -0.2) is 0 Å². The Kier molecular flexibility index (Phi) is 9.58. The molecule has 4 rings (SSSR count). The molecule has 0 aliphatic heterocycles. The predicted octanol–water partition coefficient (Wildman–Crippen LogP) is 4.53. The van der Waals surface area contributed by atoms with Crippen LogP contribution in [-0.2, 0) is 9.59 Å². The number of carbonyl (C=O) groups excluding carboxylic acids is 2. The first kappa shape index (κ1) is 26.7. The van der Waals surface area contributed by atoms with Crippen molar-refractivity contribution in [3.8, 4) is 0 Å². The van der Waals surface area contributed by atoms with E-state index in [4.69, 9.17) is 5.21 Å². The van der Waals surface area contributed by atoms with Gasteiger partial charge in [0, 0.05) is 0 Å². The van der Waals surface area contributed by atoms with Gasteiger partial charge in [-0.3, -0.25) is 5.21 Å². The molecule has 0 radical (unpaired) electrons. The van der Waals surface area contributed by atoms with Gasteiger partial charge in [-0.1, -0.05) is 0 Å². The van der Waals surface area contributed by atoms with Crippen LogP contribution in [0.25, 0.3) is 0 Å². The van der Waals surface area contributed by atoms with E-state index in [2.05, 4.69) is 83.3 Å². The second-order valence-electron chi connectivity index (χ2n) is 9.68. The van der Waals surface area contributed by atoms with Crippen LogP contribution in [-0.4, -0.2) is 35.1 Å².